The second-order valence-corrected chi connectivity index (χ2v) is 11.7. The highest BCUT2D eigenvalue weighted by Crippen LogP contribution is 2.27. The van der Waals surface area contributed by atoms with E-state index in [1.54, 1.807) is 18.2 Å². The number of anilines is 4. The van der Waals surface area contributed by atoms with Crippen LogP contribution in [0, 0.1) is 0 Å². The molecule has 2 N–H and O–H groups in total. The van der Waals surface area contributed by atoms with Crippen LogP contribution in [0.25, 0.3) is 0 Å². The molecule has 3 rings (SSSR count). The lowest BCUT2D eigenvalue weighted by Crippen LogP contribution is -2.49. The van der Waals surface area contributed by atoms with Crippen LogP contribution in [0.3, 0.4) is 0 Å². The number of hydrogen-bond donors (Lipinski definition) is 2. The number of nitrogens with one attached hydrogen (secondary N) is 2. The molecule has 0 spiro atoms. The van der Waals surface area contributed by atoms with Crippen molar-refractivity contribution in [2.24, 2.45) is 0 Å². The Morgan fingerprint density at radius 3 is 1.00 bits per heavy atom. The first-order valence-corrected chi connectivity index (χ1v) is 12.1. The second-order valence-electron chi connectivity index (χ2n) is 11.3. The normalized spacial score (nSPS) is 12.0. The van der Waals surface area contributed by atoms with Crippen LogP contribution in [0.4, 0.5) is 22.7 Å². The molecule has 0 bridgehead atoms. The zero-order valence-electron chi connectivity index (χ0n) is 22.2. The lowest BCUT2D eigenvalue weighted by Gasteiger charge is -2.31. The van der Waals surface area contributed by atoms with E-state index in [0.717, 1.165) is 0 Å². The molecule has 11 heteroatoms. The van der Waals surface area contributed by atoms with Crippen LogP contribution in [-0.2, 0) is 10.8 Å². The summed E-state index contributed by atoms with van der Waals surface area (Å²) in [6, 6.07) is 5.18. The fourth-order valence-electron chi connectivity index (χ4n) is 4.57. The van der Waals surface area contributed by atoms with Crippen molar-refractivity contribution in [1.29, 1.82) is 0 Å². The Morgan fingerprint density at radius 1 is 0.486 bits per heavy atom. The average molecular weight is 485 g/mol. The lowest BCUT2D eigenvalue weighted by molar-refractivity contribution is 0.598. The minimum atomic E-state index is -0.353. The van der Waals surface area contributed by atoms with Gasteiger partial charge in [-0.1, -0.05) is 108 Å². The van der Waals surface area contributed by atoms with Gasteiger partial charge in [0.1, 0.15) is 62.8 Å². The molecule has 37 heavy (non-hydrogen) atoms. The molecule has 0 saturated carbocycles. The zero-order valence-corrected chi connectivity index (χ0v) is 23.0. The van der Waals surface area contributed by atoms with Gasteiger partial charge in [0.05, 0.1) is 0 Å². The molecular formula is C26H23B8ClN2. The van der Waals surface area contributed by atoms with E-state index in [1.165, 1.54) is 0 Å². The van der Waals surface area contributed by atoms with Gasteiger partial charge in [-0.05, 0) is 29.0 Å². The lowest BCUT2D eigenvalue weighted by atomic mass is 9.61. The molecule has 0 amide bonds. The van der Waals surface area contributed by atoms with E-state index >= 15 is 0 Å². The monoisotopic (exact) mass is 486 g/mol. The molecule has 168 valence electrons. The molecule has 16 radical (unpaired) electrons. The van der Waals surface area contributed by atoms with Crippen LogP contribution in [0.1, 0.15) is 52.7 Å². The summed E-state index contributed by atoms with van der Waals surface area (Å²) >= 11 is 6.43. The largest absolute Gasteiger partial charge is 0.356 e. The minimum Gasteiger partial charge on any atom is -0.356 e. The molecule has 0 atom stereocenters. The summed E-state index contributed by atoms with van der Waals surface area (Å²) in [6.07, 6.45) is 0. The Kier molecular flexibility index (Phi) is 8.27. The average Bonchev–Trinajstić information content (AvgIpc) is 2.75. The number of hydrogen-bond acceptors (Lipinski definition) is 2. The van der Waals surface area contributed by atoms with Gasteiger partial charge in [-0.2, -0.15) is 0 Å². The molecule has 0 aliphatic heterocycles. The van der Waals surface area contributed by atoms with E-state index < -0.39 is 0 Å². The van der Waals surface area contributed by atoms with Gasteiger partial charge in [-0.25, -0.2) is 0 Å². The van der Waals surface area contributed by atoms with E-state index in [9.17, 15) is 0 Å². The summed E-state index contributed by atoms with van der Waals surface area (Å²) in [5, 5.41) is 6.82. The quantitative estimate of drug-likeness (QED) is 0.453. The predicted molar refractivity (Wildman–Crippen MR) is 171 cm³/mol. The van der Waals surface area contributed by atoms with Gasteiger partial charge in [0.2, 0.25) is 0 Å². The first-order chi connectivity index (χ1) is 16.9. The van der Waals surface area contributed by atoms with Gasteiger partial charge in [0.25, 0.3) is 0 Å². The summed E-state index contributed by atoms with van der Waals surface area (Å²) in [5.41, 5.74) is 5.23. The van der Waals surface area contributed by atoms with Crippen molar-refractivity contribution >= 4 is 141 Å². The van der Waals surface area contributed by atoms with Gasteiger partial charge in [-0.15, -0.1) is 0 Å². The molecule has 0 aliphatic carbocycles. The maximum atomic E-state index is 6.43. The third-order valence-corrected chi connectivity index (χ3v) is 6.47. The Morgan fingerprint density at radius 2 is 0.757 bits per heavy atom. The third kappa shape index (κ3) is 5.75. The molecule has 0 aliphatic rings. The standard InChI is InChI=1S/C26H23B8ClN2/c1-25(2,3)13-15(27)19(31)23(20(32)16(13)28)36-11-7-10(35)8-12(9-11)37-24-21(33)17(29)14(26(4,5)6)18(30)22(24)34/h7-9,36-37H,1-6H3. The van der Waals surface area contributed by atoms with Crippen LogP contribution in [-0.4, -0.2) is 62.8 Å². The van der Waals surface area contributed by atoms with Gasteiger partial charge < -0.3 is 10.6 Å². The molecular weight excluding hydrogens is 462 g/mol. The van der Waals surface area contributed by atoms with Crippen LogP contribution < -0.4 is 54.3 Å². The molecule has 2 nitrogen and oxygen atoms in total. The Bertz CT molecular complexity index is 1230. The Hall–Kier alpha value is -1.93. The molecule has 3 aromatic carbocycles. The highest BCUT2D eigenvalue weighted by atomic mass is 35.5. The van der Waals surface area contributed by atoms with Gasteiger partial charge in [0, 0.05) is 27.8 Å². The fourth-order valence-corrected chi connectivity index (χ4v) is 4.80. The maximum absolute atomic E-state index is 6.43. The second kappa shape index (κ2) is 10.3. The molecule has 0 saturated heterocycles. The van der Waals surface area contributed by atoms with Gasteiger partial charge in [-0.3, -0.25) is 0 Å². The summed E-state index contributed by atoms with van der Waals surface area (Å²) in [7, 11) is 51.0. The van der Waals surface area contributed by atoms with E-state index in [2.05, 4.69) is 10.6 Å². The topological polar surface area (TPSA) is 24.1 Å². The summed E-state index contributed by atoms with van der Waals surface area (Å²) in [6.45, 7) is 11.9. The van der Waals surface area contributed by atoms with Crippen LogP contribution >= 0.6 is 11.6 Å². The van der Waals surface area contributed by atoms with Crippen LogP contribution in [0.2, 0.25) is 5.02 Å². The Labute approximate surface area is 237 Å². The van der Waals surface area contributed by atoms with E-state index in [1.807, 2.05) is 41.5 Å². The van der Waals surface area contributed by atoms with E-state index in [-0.39, 0.29) is 32.7 Å². The van der Waals surface area contributed by atoms with Crippen molar-refractivity contribution < 1.29 is 0 Å². The maximum Gasteiger partial charge on any atom is 0.115 e. The van der Waals surface area contributed by atoms with Crippen molar-refractivity contribution in [1.82, 2.24) is 0 Å². The minimum absolute atomic E-state index is 0.290. The van der Waals surface area contributed by atoms with Crippen molar-refractivity contribution in [3.8, 4) is 0 Å². The SMILES string of the molecule is [B]c1c([B])c(C(C)(C)C)c([B])c([B])c1Nc1cc(Cl)cc(Nc2c([B])c([B])c(C(C)(C)C)c([B])c2[B])c1. The number of halogens is 1. The number of benzene rings is 3. The van der Waals surface area contributed by atoms with Crippen molar-refractivity contribution in [3.05, 3.63) is 34.3 Å². The third-order valence-electron chi connectivity index (χ3n) is 6.25. The summed E-state index contributed by atoms with van der Waals surface area (Å²) in [4.78, 5) is 0. The molecule has 0 heterocycles. The first-order valence-electron chi connectivity index (χ1n) is 11.7. The van der Waals surface area contributed by atoms with Crippen LogP contribution in [0.5, 0.6) is 0 Å². The van der Waals surface area contributed by atoms with Crippen LogP contribution in [0.15, 0.2) is 18.2 Å². The van der Waals surface area contributed by atoms with E-state index in [0.29, 0.717) is 60.8 Å². The predicted octanol–water partition coefficient (Wildman–Crippen LogP) is -1.23. The highest BCUT2D eigenvalue weighted by Gasteiger charge is 2.24. The van der Waals surface area contributed by atoms with Gasteiger partial charge in [0.15, 0.2) is 0 Å². The fraction of sp³-hybridized carbons (Fsp3) is 0.308. The van der Waals surface area contributed by atoms with Gasteiger partial charge >= 0.3 is 0 Å². The van der Waals surface area contributed by atoms with Crippen molar-refractivity contribution in [3.63, 3.8) is 0 Å². The zero-order chi connectivity index (χ0) is 28.2. The molecule has 0 unspecified atom stereocenters. The first kappa shape index (κ1) is 29.6. The summed E-state index contributed by atoms with van der Waals surface area (Å²) in [5.74, 6) is 0. The van der Waals surface area contributed by atoms with E-state index in [4.69, 9.17) is 74.4 Å². The molecule has 3 aromatic rings. The molecule has 0 fully saturated rings. The molecule has 0 aromatic heterocycles. The van der Waals surface area contributed by atoms with Crippen molar-refractivity contribution in [2.75, 3.05) is 10.6 Å². The number of rotatable bonds is 4. The smallest absolute Gasteiger partial charge is 0.115 e. The summed E-state index contributed by atoms with van der Waals surface area (Å²) < 4.78 is 0. The highest BCUT2D eigenvalue weighted by molar-refractivity contribution is 6.61. The van der Waals surface area contributed by atoms with Crippen molar-refractivity contribution in [2.45, 2.75) is 52.4 Å². The Balaban J connectivity index is 2.08.